The van der Waals surface area contributed by atoms with Crippen molar-refractivity contribution in [2.45, 2.75) is 0 Å². The van der Waals surface area contributed by atoms with Gasteiger partial charge in [0.1, 0.15) is 16.2 Å². The average Bonchev–Trinajstić information content (AvgIpc) is 3.92. The topological polar surface area (TPSA) is 29.3 Å². The zero-order valence-electron chi connectivity index (χ0n) is 27.8. The van der Waals surface area contributed by atoms with E-state index in [1.807, 2.05) is 17.4 Å². The van der Waals surface area contributed by atoms with Gasteiger partial charge in [0.05, 0.1) is 26.0 Å². The Kier molecular flexibility index (Phi) is 6.59. The summed E-state index contributed by atoms with van der Waals surface area (Å²) >= 11 is 3.57. The Balaban J connectivity index is 1.13. The van der Waals surface area contributed by atoms with Gasteiger partial charge in [-0.3, -0.25) is 0 Å². The summed E-state index contributed by atoms with van der Waals surface area (Å²) in [4.78, 5) is 7.60. The van der Waals surface area contributed by atoms with Crippen molar-refractivity contribution in [3.63, 3.8) is 0 Å². The second-order valence-electron chi connectivity index (χ2n) is 13.1. The van der Waals surface area contributed by atoms with Gasteiger partial charge < -0.3 is 9.32 Å². The molecule has 0 radical (unpaired) electrons. The maximum absolute atomic E-state index is 6.48. The summed E-state index contributed by atoms with van der Waals surface area (Å²) in [6.45, 7) is 0. The molecule has 8 aromatic carbocycles. The molecule has 0 bridgehead atoms. The summed E-state index contributed by atoms with van der Waals surface area (Å²) in [5.41, 5.74) is 9.53. The van der Waals surface area contributed by atoms with E-state index in [4.69, 9.17) is 9.40 Å². The van der Waals surface area contributed by atoms with E-state index in [1.165, 1.54) is 42.1 Å². The molecule has 3 nitrogen and oxygen atoms in total. The molecule has 0 unspecified atom stereocenters. The van der Waals surface area contributed by atoms with Crippen LogP contribution >= 0.6 is 22.7 Å². The van der Waals surface area contributed by atoms with Crippen LogP contribution in [0.15, 0.2) is 174 Å². The number of benzene rings is 8. The smallest absolute Gasteiger partial charge is 0.137 e. The van der Waals surface area contributed by atoms with Crippen molar-refractivity contribution in [2.75, 3.05) is 4.90 Å². The maximum Gasteiger partial charge on any atom is 0.137 e. The minimum atomic E-state index is 0.849. The molecule has 0 N–H and O–H groups in total. The van der Waals surface area contributed by atoms with Gasteiger partial charge in [-0.1, -0.05) is 115 Å². The zero-order chi connectivity index (χ0) is 34.2. The molecule has 244 valence electrons. The van der Waals surface area contributed by atoms with E-state index in [1.54, 1.807) is 11.3 Å². The first-order chi connectivity index (χ1) is 25.8. The highest BCUT2D eigenvalue weighted by atomic mass is 32.1. The van der Waals surface area contributed by atoms with Crippen molar-refractivity contribution in [1.82, 2.24) is 4.98 Å². The number of hydrogen-bond donors (Lipinski definition) is 0. The number of hydrogen-bond acceptors (Lipinski definition) is 5. The highest BCUT2D eigenvalue weighted by molar-refractivity contribution is 7.26. The number of nitrogens with zero attached hydrogens (tertiary/aromatic N) is 2. The van der Waals surface area contributed by atoms with Gasteiger partial charge in [0, 0.05) is 37.8 Å². The zero-order valence-corrected chi connectivity index (χ0v) is 29.4. The van der Waals surface area contributed by atoms with Crippen LogP contribution in [0.25, 0.3) is 84.8 Å². The molecule has 0 aliphatic rings. The predicted octanol–water partition coefficient (Wildman–Crippen LogP) is 14.5. The monoisotopic (exact) mass is 700 g/mol. The van der Waals surface area contributed by atoms with E-state index < -0.39 is 0 Å². The first-order valence-electron chi connectivity index (χ1n) is 17.4. The first kappa shape index (κ1) is 29.5. The molecule has 3 aromatic heterocycles. The van der Waals surface area contributed by atoms with E-state index in [-0.39, 0.29) is 0 Å². The standard InChI is InChI=1S/C47H28N2OS2/c1-2-11-31(12-3-1)47-48-45-43(52-47)27-26-41-44(45)38-28-33(24-25-40(38)50-41)49(39-18-9-17-37-36-15-6-7-19-42(36)51-46(37)39)32-22-20-30(21-23-32)35-16-8-13-29-10-4-5-14-34(29)35/h1-28H. The number of aromatic nitrogens is 1. The molecule has 0 aliphatic carbocycles. The fraction of sp³-hybridized carbons (Fsp3) is 0. The Hall–Kier alpha value is -6.27. The van der Waals surface area contributed by atoms with Crippen LogP contribution in [0, 0.1) is 0 Å². The average molecular weight is 701 g/mol. The van der Waals surface area contributed by atoms with Crippen LogP contribution in [0.2, 0.25) is 0 Å². The second-order valence-corrected chi connectivity index (χ2v) is 15.2. The SMILES string of the molecule is c1ccc(-c2nc3c(ccc4oc5ccc(N(c6ccc(-c7cccc8ccccc78)cc6)c6cccc7c6sc6ccccc67)cc5c43)s2)cc1. The van der Waals surface area contributed by atoms with E-state index in [9.17, 15) is 0 Å². The van der Waals surface area contributed by atoms with Gasteiger partial charge in [-0.2, -0.15) is 0 Å². The lowest BCUT2D eigenvalue weighted by molar-refractivity contribution is 0.669. The summed E-state index contributed by atoms with van der Waals surface area (Å²) in [5, 5.41) is 8.18. The normalized spacial score (nSPS) is 11.8. The lowest BCUT2D eigenvalue weighted by Crippen LogP contribution is -2.10. The molecule has 0 saturated carbocycles. The summed E-state index contributed by atoms with van der Waals surface area (Å²) in [6.07, 6.45) is 0. The van der Waals surface area contributed by atoms with Gasteiger partial charge in [-0.05, 0) is 76.5 Å². The minimum Gasteiger partial charge on any atom is -0.456 e. The van der Waals surface area contributed by atoms with Crippen molar-refractivity contribution in [1.29, 1.82) is 0 Å². The Morgan fingerprint density at radius 3 is 2.12 bits per heavy atom. The summed E-state index contributed by atoms with van der Waals surface area (Å²) in [7, 11) is 0. The third-order valence-electron chi connectivity index (χ3n) is 10.1. The van der Waals surface area contributed by atoms with Crippen molar-refractivity contribution >= 4 is 103 Å². The fourth-order valence-corrected chi connectivity index (χ4v) is 9.87. The second kappa shape index (κ2) is 11.6. The molecule has 0 spiro atoms. The Morgan fingerprint density at radius 2 is 1.21 bits per heavy atom. The minimum absolute atomic E-state index is 0.849. The van der Waals surface area contributed by atoms with Gasteiger partial charge >= 0.3 is 0 Å². The van der Waals surface area contributed by atoms with Crippen LogP contribution in [-0.2, 0) is 0 Å². The highest BCUT2D eigenvalue weighted by Gasteiger charge is 2.21. The summed E-state index contributed by atoms with van der Waals surface area (Å²) in [6, 6.07) is 60.8. The van der Waals surface area contributed by atoms with E-state index in [0.717, 1.165) is 59.8 Å². The fourth-order valence-electron chi connectivity index (χ4n) is 7.69. The van der Waals surface area contributed by atoms with Crippen molar-refractivity contribution in [2.24, 2.45) is 0 Å². The van der Waals surface area contributed by atoms with Crippen LogP contribution in [-0.4, -0.2) is 4.98 Å². The number of rotatable bonds is 5. The van der Waals surface area contributed by atoms with Crippen molar-refractivity contribution in [3.8, 4) is 21.7 Å². The quantitative estimate of drug-likeness (QED) is 0.179. The Bertz CT molecular complexity index is 3130. The van der Waals surface area contributed by atoms with E-state index in [2.05, 4.69) is 169 Å². The van der Waals surface area contributed by atoms with Gasteiger partial charge in [0.25, 0.3) is 0 Å². The number of thiophene rings is 1. The summed E-state index contributed by atoms with van der Waals surface area (Å²) < 4.78 is 10.2. The Morgan fingerprint density at radius 1 is 0.481 bits per heavy atom. The first-order valence-corrected chi connectivity index (χ1v) is 19.0. The lowest BCUT2D eigenvalue weighted by Gasteiger charge is -2.26. The Labute approximate surface area is 307 Å². The molecular formula is C47H28N2OS2. The number of fused-ring (bicyclic) bond motifs is 9. The molecule has 0 saturated heterocycles. The van der Waals surface area contributed by atoms with Crippen LogP contribution in [0.5, 0.6) is 0 Å². The molecule has 11 rings (SSSR count). The van der Waals surface area contributed by atoms with Crippen LogP contribution in [0.3, 0.4) is 0 Å². The molecule has 0 amide bonds. The highest BCUT2D eigenvalue weighted by Crippen LogP contribution is 2.47. The number of thiazole rings is 1. The summed E-state index contributed by atoms with van der Waals surface area (Å²) in [5.74, 6) is 0. The molecule has 5 heteroatoms. The van der Waals surface area contributed by atoms with Crippen LogP contribution < -0.4 is 4.90 Å². The van der Waals surface area contributed by atoms with Crippen LogP contribution in [0.1, 0.15) is 0 Å². The molecule has 11 aromatic rings. The molecular weight excluding hydrogens is 673 g/mol. The largest absolute Gasteiger partial charge is 0.456 e. The molecule has 3 heterocycles. The van der Waals surface area contributed by atoms with Gasteiger partial charge in [-0.15, -0.1) is 22.7 Å². The molecule has 0 fully saturated rings. The number of furan rings is 1. The van der Waals surface area contributed by atoms with Crippen molar-refractivity contribution in [3.05, 3.63) is 170 Å². The van der Waals surface area contributed by atoms with Gasteiger partial charge in [0.2, 0.25) is 0 Å². The van der Waals surface area contributed by atoms with Gasteiger partial charge in [0.15, 0.2) is 0 Å². The lowest BCUT2D eigenvalue weighted by atomic mass is 9.98. The number of anilines is 3. The third-order valence-corrected chi connectivity index (χ3v) is 12.4. The predicted molar refractivity (Wildman–Crippen MR) is 223 cm³/mol. The van der Waals surface area contributed by atoms with E-state index >= 15 is 0 Å². The van der Waals surface area contributed by atoms with Gasteiger partial charge in [-0.25, -0.2) is 4.98 Å². The maximum atomic E-state index is 6.48. The third kappa shape index (κ3) is 4.60. The molecule has 52 heavy (non-hydrogen) atoms. The molecule has 0 atom stereocenters. The van der Waals surface area contributed by atoms with Crippen LogP contribution in [0.4, 0.5) is 17.1 Å². The molecule has 0 aliphatic heterocycles. The van der Waals surface area contributed by atoms with E-state index in [0.29, 0.717) is 0 Å². The van der Waals surface area contributed by atoms with Crippen molar-refractivity contribution < 1.29 is 4.42 Å².